The molecular formula is C14H11F3O2. The molecule has 0 saturated heterocycles. The number of rotatable bonds is 3. The molecule has 1 N–H and O–H groups in total. The fourth-order valence-corrected chi connectivity index (χ4v) is 1.63. The molecular weight excluding hydrogens is 257 g/mol. The summed E-state index contributed by atoms with van der Waals surface area (Å²) >= 11 is 0. The topological polar surface area (TPSA) is 29.5 Å². The van der Waals surface area contributed by atoms with E-state index in [2.05, 4.69) is 0 Å². The first-order valence-corrected chi connectivity index (χ1v) is 5.54. The molecule has 0 aliphatic carbocycles. The average molecular weight is 268 g/mol. The van der Waals surface area contributed by atoms with Crippen molar-refractivity contribution in [3.8, 4) is 11.5 Å². The average Bonchev–Trinajstić information content (AvgIpc) is 2.37. The molecule has 5 heteroatoms. The monoisotopic (exact) mass is 268 g/mol. The van der Waals surface area contributed by atoms with Crippen LogP contribution in [0.15, 0.2) is 48.5 Å². The van der Waals surface area contributed by atoms with Crippen molar-refractivity contribution in [3.05, 3.63) is 59.7 Å². The molecule has 2 rings (SSSR count). The van der Waals surface area contributed by atoms with Crippen LogP contribution in [0.5, 0.6) is 11.5 Å². The van der Waals surface area contributed by atoms with Crippen LogP contribution in [-0.4, -0.2) is 5.11 Å². The van der Waals surface area contributed by atoms with E-state index in [4.69, 9.17) is 4.74 Å². The molecule has 100 valence electrons. The molecule has 2 aromatic rings. The van der Waals surface area contributed by atoms with Crippen molar-refractivity contribution in [1.82, 2.24) is 0 Å². The van der Waals surface area contributed by atoms with Crippen LogP contribution in [0.2, 0.25) is 0 Å². The van der Waals surface area contributed by atoms with E-state index in [1.54, 1.807) is 30.3 Å². The lowest BCUT2D eigenvalue weighted by Gasteiger charge is -2.15. The smallest absolute Gasteiger partial charge is 0.420 e. The predicted molar refractivity (Wildman–Crippen MR) is 63.9 cm³/mol. The molecule has 0 heterocycles. The number of hydrogen-bond donors (Lipinski definition) is 1. The molecule has 2 nitrogen and oxygen atoms in total. The standard InChI is InChI=1S/C14H11F3O2/c15-14(16,17)11-7-4-8-12(18)13(11)19-9-10-5-2-1-3-6-10/h1-8,18H,9H2. The Morgan fingerprint density at radius 3 is 2.26 bits per heavy atom. The zero-order chi connectivity index (χ0) is 13.9. The Kier molecular flexibility index (Phi) is 3.64. The van der Waals surface area contributed by atoms with Gasteiger partial charge in [-0.25, -0.2) is 0 Å². The lowest BCUT2D eigenvalue weighted by molar-refractivity contribution is -0.139. The predicted octanol–water partition coefficient (Wildman–Crippen LogP) is 3.99. The van der Waals surface area contributed by atoms with Gasteiger partial charge in [0.1, 0.15) is 12.2 Å². The van der Waals surface area contributed by atoms with Gasteiger partial charge in [-0.05, 0) is 17.7 Å². The van der Waals surface area contributed by atoms with Crippen LogP contribution in [0.4, 0.5) is 13.2 Å². The van der Waals surface area contributed by atoms with E-state index in [1.165, 1.54) is 0 Å². The number of phenols is 1. The van der Waals surface area contributed by atoms with E-state index in [0.717, 1.165) is 23.8 Å². The molecule has 2 aromatic carbocycles. The fraction of sp³-hybridized carbons (Fsp3) is 0.143. The SMILES string of the molecule is Oc1cccc(C(F)(F)F)c1OCc1ccccc1. The number of phenolic OH excluding ortho intramolecular Hbond substituents is 1. The maximum Gasteiger partial charge on any atom is 0.420 e. The first-order valence-electron chi connectivity index (χ1n) is 5.54. The number of benzene rings is 2. The summed E-state index contributed by atoms with van der Waals surface area (Å²) in [5.41, 5.74) is -0.262. The molecule has 0 amide bonds. The van der Waals surface area contributed by atoms with Crippen LogP contribution in [0.25, 0.3) is 0 Å². The highest BCUT2D eigenvalue weighted by atomic mass is 19.4. The van der Waals surface area contributed by atoms with E-state index in [0.29, 0.717) is 0 Å². The van der Waals surface area contributed by atoms with E-state index in [-0.39, 0.29) is 6.61 Å². The van der Waals surface area contributed by atoms with E-state index >= 15 is 0 Å². The Morgan fingerprint density at radius 2 is 1.63 bits per heavy atom. The lowest BCUT2D eigenvalue weighted by atomic mass is 10.1. The van der Waals surface area contributed by atoms with Crippen molar-refractivity contribution in [2.75, 3.05) is 0 Å². The summed E-state index contributed by atoms with van der Waals surface area (Å²) in [7, 11) is 0. The van der Waals surface area contributed by atoms with Gasteiger partial charge >= 0.3 is 6.18 Å². The Labute approximate surface area is 108 Å². The second-order valence-electron chi connectivity index (χ2n) is 3.93. The van der Waals surface area contributed by atoms with Gasteiger partial charge in [-0.2, -0.15) is 13.2 Å². The van der Waals surface area contributed by atoms with Gasteiger partial charge in [-0.15, -0.1) is 0 Å². The number of ether oxygens (including phenoxy) is 1. The second kappa shape index (κ2) is 5.22. The summed E-state index contributed by atoms with van der Waals surface area (Å²) in [4.78, 5) is 0. The van der Waals surface area contributed by atoms with Crippen molar-refractivity contribution in [2.24, 2.45) is 0 Å². The van der Waals surface area contributed by atoms with Crippen LogP contribution in [0, 0.1) is 0 Å². The number of aromatic hydroxyl groups is 1. The van der Waals surface area contributed by atoms with Gasteiger partial charge in [0.15, 0.2) is 11.5 Å². The van der Waals surface area contributed by atoms with Gasteiger partial charge in [0.05, 0.1) is 0 Å². The maximum atomic E-state index is 12.8. The highest BCUT2D eigenvalue weighted by Crippen LogP contribution is 2.41. The Morgan fingerprint density at radius 1 is 0.947 bits per heavy atom. The summed E-state index contributed by atoms with van der Waals surface area (Å²) in [6.07, 6.45) is -4.56. The Hall–Kier alpha value is -2.17. The molecule has 0 bridgehead atoms. The van der Waals surface area contributed by atoms with Gasteiger partial charge in [-0.3, -0.25) is 0 Å². The third-order valence-corrected chi connectivity index (χ3v) is 2.53. The lowest BCUT2D eigenvalue weighted by Crippen LogP contribution is -2.08. The number of para-hydroxylation sites is 1. The minimum absolute atomic E-state index is 0.0402. The van der Waals surface area contributed by atoms with Gasteiger partial charge < -0.3 is 9.84 Å². The maximum absolute atomic E-state index is 12.8. The molecule has 0 spiro atoms. The van der Waals surface area contributed by atoms with Crippen molar-refractivity contribution < 1.29 is 23.0 Å². The number of halogens is 3. The third kappa shape index (κ3) is 3.19. The van der Waals surface area contributed by atoms with E-state index < -0.39 is 23.2 Å². The van der Waals surface area contributed by atoms with Crippen LogP contribution in [0.1, 0.15) is 11.1 Å². The molecule has 19 heavy (non-hydrogen) atoms. The van der Waals surface area contributed by atoms with Crippen molar-refractivity contribution in [2.45, 2.75) is 12.8 Å². The first-order chi connectivity index (χ1) is 8.98. The van der Waals surface area contributed by atoms with Gasteiger partial charge in [0.25, 0.3) is 0 Å². The van der Waals surface area contributed by atoms with Gasteiger partial charge in [0.2, 0.25) is 0 Å². The molecule has 0 unspecified atom stereocenters. The van der Waals surface area contributed by atoms with Crippen molar-refractivity contribution >= 4 is 0 Å². The molecule has 0 aliphatic heterocycles. The molecule has 0 fully saturated rings. The zero-order valence-corrected chi connectivity index (χ0v) is 9.82. The van der Waals surface area contributed by atoms with Crippen LogP contribution in [0.3, 0.4) is 0 Å². The van der Waals surface area contributed by atoms with Gasteiger partial charge in [-0.1, -0.05) is 36.4 Å². The second-order valence-corrected chi connectivity index (χ2v) is 3.93. The summed E-state index contributed by atoms with van der Waals surface area (Å²) in [5.74, 6) is -1.07. The largest absolute Gasteiger partial charge is 0.504 e. The first kappa shape index (κ1) is 13.3. The summed E-state index contributed by atoms with van der Waals surface area (Å²) in [6.45, 7) is -0.0402. The number of alkyl halides is 3. The summed E-state index contributed by atoms with van der Waals surface area (Å²) in [6, 6.07) is 11.9. The molecule has 0 aliphatic rings. The molecule has 0 atom stereocenters. The quantitative estimate of drug-likeness (QED) is 0.912. The van der Waals surface area contributed by atoms with Crippen molar-refractivity contribution in [1.29, 1.82) is 0 Å². The highest BCUT2D eigenvalue weighted by Gasteiger charge is 2.35. The molecule has 0 radical (unpaired) electrons. The Bertz CT molecular complexity index is 550. The highest BCUT2D eigenvalue weighted by molar-refractivity contribution is 5.47. The van der Waals surface area contributed by atoms with E-state index in [1.807, 2.05) is 0 Å². The van der Waals surface area contributed by atoms with Crippen LogP contribution >= 0.6 is 0 Å². The minimum atomic E-state index is -4.56. The third-order valence-electron chi connectivity index (χ3n) is 2.53. The van der Waals surface area contributed by atoms with Crippen LogP contribution in [-0.2, 0) is 12.8 Å². The van der Waals surface area contributed by atoms with E-state index in [9.17, 15) is 18.3 Å². The van der Waals surface area contributed by atoms with Crippen LogP contribution < -0.4 is 4.74 Å². The Balaban J connectivity index is 2.25. The summed E-state index contributed by atoms with van der Waals surface area (Å²) < 4.78 is 43.4. The summed E-state index contributed by atoms with van der Waals surface area (Å²) in [5, 5.41) is 9.51. The fourth-order valence-electron chi connectivity index (χ4n) is 1.63. The molecule has 0 saturated carbocycles. The van der Waals surface area contributed by atoms with Crippen molar-refractivity contribution in [3.63, 3.8) is 0 Å². The minimum Gasteiger partial charge on any atom is -0.504 e. The normalized spacial score (nSPS) is 11.3. The zero-order valence-electron chi connectivity index (χ0n) is 9.82. The number of hydrogen-bond acceptors (Lipinski definition) is 2. The molecule has 0 aromatic heterocycles. The van der Waals surface area contributed by atoms with Gasteiger partial charge in [0, 0.05) is 0 Å².